The Morgan fingerprint density at radius 3 is 1.35 bits per heavy atom. The van der Waals surface area contributed by atoms with E-state index in [4.69, 9.17) is 27.1 Å². The van der Waals surface area contributed by atoms with E-state index in [1.807, 2.05) is 13.8 Å². The molecule has 7 N–H and O–H groups in total. The Morgan fingerprint density at radius 2 is 0.960 bits per heavy atom. The number of fused-ring (bicyclic) bond motifs is 6. The molecule has 0 unspecified atom stereocenters. The van der Waals surface area contributed by atoms with E-state index in [1.54, 1.807) is 9.80 Å². The summed E-state index contributed by atoms with van der Waals surface area (Å²) < 4.78 is 0. The van der Waals surface area contributed by atoms with Gasteiger partial charge in [-0.25, -0.2) is 0 Å². The van der Waals surface area contributed by atoms with Crippen molar-refractivity contribution in [3.8, 4) is 0 Å². The molecule has 17 nitrogen and oxygen atoms in total. The summed E-state index contributed by atoms with van der Waals surface area (Å²) in [5.41, 5.74) is 16.7. The zero-order valence-corrected chi connectivity index (χ0v) is 46.0. The lowest BCUT2D eigenvalue weighted by atomic mass is 9.82. The maximum Gasteiger partial charge on any atom is 0.290 e. The van der Waals surface area contributed by atoms with Gasteiger partial charge < -0.3 is 32.1 Å². The van der Waals surface area contributed by atoms with Crippen molar-refractivity contribution in [2.75, 3.05) is 13.1 Å². The molecule has 0 aromatic rings. The van der Waals surface area contributed by atoms with Crippen LogP contribution in [0.25, 0.3) is 0 Å². The number of carbonyl (C=O) groups excluding carboxylic acids is 10. The summed E-state index contributed by atoms with van der Waals surface area (Å²) in [6.07, 6.45) is 17.7. The molecule has 0 bridgehead atoms. The van der Waals surface area contributed by atoms with E-state index in [0.717, 1.165) is 103 Å². The van der Waals surface area contributed by atoms with Crippen molar-refractivity contribution in [3.63, 3.8) is 0 Å². The molecule has 0 spiro atoms. The highest BCUT2D eigenvalue weighted by Crippen LogP contribution is 2.66. The van der Waals surface area contributed by atoms with Crippen molar-refractivity contribution < 1.29 is 57.8 Å². The summed E-state index contributed by atoms with van der Waals surface area (Å²) in [5, 5.41) is 6.89. The number of primary amides is 2. The van der Waals surface area contributed by atoms with Gasteiger partial charge in [-0.3, -0.25) is 52.7 Å². The van der Waals surface area contributed by atoms with Gasteiger partial charge >= 0.3 is 0 Å². The van der Waals surface area contributed by atoms with E-state index in [0.29, 0.717) is 38.8 Å². The van der Waals surface area contributed by atoms with Crippen LogP contribution in [0.3, 0.4) is 0 Å². The van der Waals surface area contributed by atoms with Crippen LogP contribution < -0.4 is 17.2 Å². The molecule has 3 saturated carbocycles. The lowest BCUT2D eigenvalue weighted by Gasteiger charge is -2.33. The summed E-state index contributed by atoms with van der Waals surface area (Å²) in [6.45, 7) is 13.2. The molecule has 4 aliphatic heterocycles. The molecule has 0 aromatic heterocycles. The average Bonchev–Trinajstić information content (AvgIpc) is 4.26. The third-order valence-electron chi connectivity index (χ3n) is 18.7. The smallest absolute Gasteiger partial charge is 0.290 e. The third-order valence-corrected chi connectivity index (χ3v) is 18.7. The topological polar surface area (TPSA) is 293 Å². The number of hydrogen-bond acceptors (Lipinski definition) is 12. The van der Waals surface area contributed by atoms with Crippen LogP contribution >= 0.6 is 0 Å². The molecule has 75 heavy (non-hydrogen) atoms. The van der Waals surface area contributed by atoms with E-state index in [-0.39, 0.29) is 119 Å². The van der Waals surface area contributed by atoms with Gasteiger partial charge in [-0.1, -0.05) is 131 Å². The molecule has 11 atom stereocenters. The molecule has 7 fully saturated rings. The van der Waals surface area contributed by atoms with Crippen molar-refractivity contribution >= 4 is 64.8 Å². The monoisotopic (exact) mass is 1050 g/mol. The largest absolute Gasteiger partial charge is 0.483 e. The fourth-order valence-electron chi connectivity index (χ4n) is 13.7. The Hall–Kier alpha value is -4.67. The van der Waals surface area contributed by atoms with Gasteiger partial charge in [-0.15, -0.1) is 0 Å². The summed E-state index contributed by atoms with van der Waals surface area (Å²) >= 11 is 0. The first-order valence-corrected chi connectivity index (χ1v) is 28.6. The fraction of sp³-hybridized carbons (Fsp3) is 0.810. The van der Waals surface area contributed by atoms with Crippen LogP contribution in [0.5, 0.6) is 0 Å². The Balaban J connectivity index is 0.000000277. The van der Waals surface area contributed by atoms with Crippen LogP contribution in [0, 0.1) is 70.0 Å². The van der Waals surface area contributed by atoms with Crippen molar-refractivity contribution in [1.82, 2.24) is 9.80 Å². The average molecular weight is 1050 g/mol. The molecule has 3 aliphatic carbocycles. The molecular weight excluding hydrogens is 959 g/mol. The quantitative estimate of drug-likeness (QED) is 0.127. The predicted molar refractivity (Wildman–Crippen MR) is 281 cm³/mol. The number of nitrogens with two attached hydrogens (primary N) is 3. The first kappa shape index (κ1) is 61.2. The van der Waals surface area contributed by atoms with Gasteiger partial charge in [-0.2, -0.15) is 0 Å². The molecule has 7 aliphatic rings. The lowest BCUT2D eigenvalue weighted by Crippen LogP contribution is -2.52. The highest BCUT2D eigenvalue weighted by Gasteiger charge is 2.70. The first-order chi connectivity index (χ1) is 35.4. The van der Waals surface area contributed by atoms with E-state index >= 15 is 0 Å². The van der Waals surface area contributed by atoms with Crippen molar-refractivity contribution in [1.29, 1.82) is 0 Å². The predicted octanol–water partition coefficient (Wildman–Crippen LogP) is 6.49. The summed E-state index contributed by atoms with van der Waals surface area (Å²) in [6, 6.07) is -1.78. The molecule has 420 valence electrons. The van der Waals surface area contributed by atoms with Crippen molar-refractivity contribution in [3.05, 3.63) is 0 Å². The highest BCUT2D eigenvalue weighted by molar-refractivity contribution is 6.37. The number of carboxylic acid groups (broad SMARTS) is 1. The van der Waals surface area contributed by atoms with Gasteiger partial charge in [-0.05, 0) is 78.9 Å². The van der Waals surface area contributed by atoms with Gasteiger partial charge in [0.2, 0.25) is 23.4 Å². The molecule has 17 heteroatoms. The van der Waals surface area contributed by atoms with Crippen LogP contribution in [-0.2, 0) is 52.7 Å². The van der Waals surface area contributed by atoms with Crippen molar-refractivity contribution in [2.45, 2.75) is 214 Å². The van der Waals surface area contributed by atoms with Gasteiger partial charge in [0.05, 0.1) is 18.1 Å². The fourth-order valence-corrected chi connectivity index (χ4v) is 13.7. The number of Topliss-reactive ketones (excluding diaryl/α,β-unsaturated/α-hetero) is 6. The number of nitrogens with zero attached hydrogens (tertiary/aromatic N) is 2. The second kappa shape index (κ2) is 27.1. The highest BCUT2D eigenvalue weighted by atomic mass is 16.3. The Morgan fingerprint density at radius 1 is 0.587 bits per heavy atom. The second-order valence-corrected chi connectivity index (χ2v) is 25.0. The van der Waals surface area contributed by atoms with Gasteiger partial charge in [0, 0.05) is 68.4 Å². The summed E-state index contributed by atoms with van der Waals surface area (Å²) in [5.74, 6) is -5.32. The summed E-state index contributed by atoms with van der Waals surface area (Å²) in [4.78, 5) is 141. The Kier molecular flexibility index (Phi) is 22.1. The minimum atomic E-state index is -1.01. The lowest BCUT2D eigenvalue weighted by molar-refractivity contribution is -0.145. The molecule has 4 heterocycles. The van der Waals surface area contributed by atoms with E-state index in [2.05, 4.69) is 27.7 Å². The first-order valence-electron chi connectivity index (χ1n) is 28.6. The number of ketones is 6. The minimum absolute atomic E-state index is 0.00519. The zero-order valence-electron chi connectivity index (χ0n) is 46.0. The number of piperidine rings is 2. The Labute approximate surface area is 445 Å². The van der Waals surface area contributed by atoms with E-state index < -0.39 is 59.3 Å². The van der Waals surface area contributed by atoms with Gasteiger partial charge in [0.15, 0.2) is 11.6 Å². The molecule has 4 amide bonds. The number of amides is 4. The van der Waals surface area contributed by atoms with Gasteiger partial charge in [0.25, 0.3) is 18.3 Å². The van der Waals surface area contributed by atoms with Crippen LogP contribution in [-0.4, -0.2) is 111 Å². The summed E-state index contributed by atoms with van der Waals surface area (Å²) in [7, 11) is 0. The number of rotatable bonds is 11. The van der Waals surface area contributed by atoms with E-state index in [9.17, 15) is 47.9 Å². The van der Waals surface area contributed by atoms with Gasteiger partial charge in [0.1, 0.15) is 11.6 Å². The molecule has 0 radical (unpaired) electrons. The number of carbonyl (C=O) groups is 11. The molecule has 7 rings (SSSR count). The minimum Gasteiger partial charge on any atom is -0.483 e. The SMILES string of the molecule is CC(C)[C@H](CC(=O)C[C@H]1CCCCCCCCC[C@@H](C(=O)C(N)=O)CC(=O)[C@@H]2[C@@H]3[C@H](CN2C1=O)C3(C)C)C(=O)C1CC1.CC1(C)[C@@H]2[C@H]3C(=O)C[C@H](C(=O)C(N)=O)CCCCCCCCC[C@H](N)C(=O)N3C[C@@H]21.O=CO. The van der Waals surface area contributed by atoms with Crippen LogP contribution in [0.15, 0.2) is 0 Å². The van der Waals surface area contributed by atoms with Crippen LogP contribution in [0.1, 0.15) is 196 Å². The maximum atomic E-state index is 14.2. The number of hydrogen-bond donors (Lipinski definition) is 4. The molecule has 4 saturated heterocycles. The molecular formula is C58H91N5O12. The Bertz CT molecular complexity index is 2120. The molecule has 0 aromatic carbocycles. The van der Waals surface area contributed by atoms with Crippen molar-refractivity contribution in [2.24, 2.45) is 87.2 Å². The zero-order chi connectivity index (χ0) is 55.5. The third kappa shape index (κ3) is 15.5. The standard InChI is InChI=1S/C34H52N2O6.C23H37N3O4.CH2O2/c1-20(2)25(30(39)21-14-15-21)18-24(37)16-23-13-11-9-7-5-6-8-10-12-22(31(40)32(35)41)17-27(38)29-28-26(34(28,3)4)19-36(29)33(23)42;1-23(2)15-13-26-19(18(15)23)17(27)12-14(20(28)21(25)29)10-8-6-4-3-5-7-9-11-16(24)22(26)30;2-1-3/h20-23,25-26,28-29H,5-19H2,1-4H3,(H2,35,41);14-16,18-19H,3-13,24H2,1-2H3,(H2,25,29);1H,(H,2,3)/t22-,23-,25+,26+,28+,29-;14-,15+,16+,18+,19-;/m11./s1. The maximum absolute atomic E-state index is 14.2. The second-order valence-electron chi connectivity index (χ2n) is 25.0. The van der Waals surface area contributed by atoms with Crippen LogP contribution in [0.4, 0.5) is 0 Å². The van der Waals surface area contributed by atoms with E-state index in [1.165, 1.54) is 0 Å². The van der Waals surface area contributed by atoms with Crippen LogP contribution in [0.2, 0.25) is 0 Å². The normalized spacial score (nSPS) is 31.8.